The first-order chi connectivity index (χ1) is 7.31. The molecule has 0 radical (unpaired) electrons. The minimum absolute atomic E-state index is 0.290. The molecule has 2 unspecified atom stereocenters. The van der Waals surface area contributed by atoms with Gasteiger partial charge in [-0.05, 0) is 26.0 Å². The van der Waals surface area contributed by atoms with E-state index in [1.54, 1.807) is 0 Å². The van der Waals surface area contributed by atoms with E-state index in [1.165, 1.54) is 17.5 Å². The van der Waals surface area contributed by atoms with Crippen LogP contribution in [0.2, 0.25) is 0 Å². The summed E-state index contributed by atoms with van der Waals surface area (Å²) in [5, 5.41) is 3.24. The van der Waals surface area contributed by atoms with Crippen molar-refractivity contribution in [1.29, 1.82) is 0 Å². The Hall–Kier alpha value is -0.860. The fourth-order valence-corrected chi connectivity index (χ4v) is 2.23. The van der Waals surface area contributed by atoms with Gasteiger partial charge >= 0.3 is 0 Å². The van der Waals surface area contributed by atoms with Gasteiger partial charge in [-0.1, -0.05) is 29.8 Å². The van der Waals surface area contributed by atoms with Crippen LogP contribution in [0.15, 0.2) is 24.3 Å². The molecule has 0 saturated carbocycles. The summed E-state index contributed by atoms with van der Waals surface area (Å²) in [4.78, 5) is 0. The molecule has 0 amide bonds. The van der Waals surface area contributed by atoms with Crippen LogP contribution in [0.1, 0.15) is 23.7 Å². The Kier molecular flexibility index (Phi) is 3.39. The third-order valence-electron chi connectivity index (χ3n) is 3.09. The van der Waals surface area contributed by atoms with Crippen LogP contribution in [-0.2, 0) is 4.74 Å². The van der Waals surface area contributed by atoms with Gasteiger partial charge in [0, 0.05) is 19.1 Å². The van der Waals surface area contributed by atoms with Crippen molar-refractivity contribution >= 4 is 0 Å². The number of ether oxygens (including phenoxy) is 1. The lowest BCUT2D eigenvalue weighted by Crippen LogP contribution is -2.21. The number of benzene rings is 1. The lowest BCUT2D eigenvalue weighted by molar-refractivity contribution is 0.0910. The molecule has 2 rings (SSSR count). The highest BCUT2D eigenvalue weighted by atomic mass is 16.5. The maximum Gasteiger partial charge on any atom is 0.0866 e. The highest BCUT2D eigenvalue weighted by molar-refractivity contribution is 5.24. The third-order valence-corrected chi connectivity index (χ3v) is 3.09. The van der Waals surface area contributed by atoms with Crippen LogP contribution < -0.4 is 5.32 Å². The number of nitrogens with one attached hydrogen (secondary N) is 1. The van der Waals surface area contributed by atoms with Crippen molar-refractivity contribution in [1.82, 2.24) is 5.32 Å². The lowest BCUT2D eigenvalue weighted by atomic mass is 9.95. The van der Waals surface area contributed by atoms with Crippen LogP contribution in [0.5, 0.6) is 0 Å². The average Bonchev–Trinajstić information content (AvgIpc) is 2.68. The smallest absolute Gasteiger partial charge is 0.0866 e. The molecule has 2 nitrogen and oxygen atoms in total. The standard InChI is InChI=1S/C13H19NO/c1-10-3-5-11(6-4-10)13-12(9-14-2)7-8-15-13/h3-6,12-14H,7-9H2,1-2H3. The third kappa shape index (κ3) is 2.39. The maximum absolute atomic E-state index is 5.80. The summed E-state index contributed by atoms with van der Waals surface area (Å²) in [7, 11) is 2.00. The Morgan fingerprint density at radius 1 is 1.33 bits per heavy atom. The Labute approximate surface area is 91.6 Å². The van der Waals surface area contributed by atoms with Gasteiger partial charge in [0.25, 0.3) is 0 Å². The molecular weight excluding hydrogens is 186 g/mol. The molecule has 0 aromatic heterocycles. The van der Waals surface area contributed by atoms with Crippen molar-refractivity contribution in [3.63, 3.8) is 0 Å². The molecule has 2 atom stereocenters. The molecule has 15 heavy (non-hydrogen) atoms. The minimum Gasteiger partial charge on any atom is -0.373 e. The first kappa shape index (κ1) is 10.7. The first-order valence-electron chi connectivity index (χ1n) is 5.64. The summed E-state index contributed by atoms with van der Waals surface area (Å²) in [6.07, 6.45) is 1.46. The largest absolute Gasteiger partial charge is 0.373 e. The molecular formula is C13H19NO. The SMILES string of the molecule is CNCC1CCOC1c1ccc(C)cc1. The van der Waals surface area contributed by atoms with Crippen LogP contribution >= 0.6 is 0 Å². The van der Waals surface area contributed by atoms with E-state index < -0.39 is 0 Å². The highest BCUT2D eigenvalue weighted by Gasteiger charge is 2.28. The van der Waals surface area contributed by atoms with Gasteiger partial charge < -0.3 is 10.1 Å². The summed E-state index contributed by atoms with van der Waals surface area (Å²) in [5.41, 5.74) is 2.63. The number of rotatable bonds is 3. The van der Waals surface area contributed by atoms with E-state index >= 15 is 0 Å². The van der Waals surface area contributed by atoms with Gasteiger partial charge in [-0.2, -0.15) is 0 Å². The number of hydrogen-bond donors (Lipinski definition) is 1. The molecule has 82 valence electrons. The Morgan fingerprint density at radius 3 is 2.73 bits per heavy atom. The zero-order chi connectivity index (χ0) is 10.7. The van der Waals surface area contributed by atoms with Gasteiger partial charge in [0.2, 0.25) is 0 Å². The van der Waals surface area contributed by atoms with Crippen LogP contribution in [0.4, 0.5) is 0 Å². The molecule has 1 heterocycles. The van der Waals surface area contributed by atoms with Gasteiger partial charge in [0.15, 0.2) is 0 Å². The number of aryl methyl sites for hydroxylation is 1. The van der Waals surface area contributed by atoms with E-state index in [0.29, 0.717) is 5.92 Å². The molecule has 1 saturated heterocycles. The summed E-state index contributed by atoms with van der Waals surface area (Å²) in [6, 6.07) is 8.70. The zero-order valence-corrected chi connectivity index (χ0v) is 9.49. The summed E-state index contributed by atoms with van der Waals surface area (Å²) in [5.74, 6) is 0.623. The average molecular weight is 205 g/mol. The van der Waals surface area contributed by atoms with Crippen molar-refractivity contribution in [2.45, 2.75) is 19.4 Å². The summed E-state index contributed by atoms with van der Waals surface area (Å²) in [6.45, 7) is 4.05. The second-order valence-corrected chi connectivity index (χ2v) is 4.31. The molecule has 0 spiro atoms. The molecule has 1 aliphatic rings. The normalized spacial score (nSPS) is 25.7. The van der Waals surface area contributed by atoms with Gasteiger partial charge in [0.05, 0.1) is 6.10 Å². The molecule has 1 aromatic carbocycles. The van der Waals surface area contributed by atoms with Crippen LogP contribution in [0.25, 0.3) is 0 Å². The van der Waals surface area contributed by atoms with Crippen molar-refractivity contribution in [2.75, 3.05) is 20.2 Å². The predicted octanol–water partition coefficient (Wildman–Crippen LogP) is 2.29. The van der Waals surface area contributed by atoms with E-state index in [9.17, 15) is 0 Å². The van der Waals surface area contributed by atoms with E-state index in [1.807, 2.05) is 7.05 Å². The van der Waals surface area contributed by atoms with Gasteiger partial charge in [-0.3, -0.25) is 0 Å². The molecule has 1 N–H and O–H groups in total. The van der Waals surface area contributed by atoms with Crippen LogP contribution in [0.3, 0.4) is 0 Å². The fourth-order valence-electron chi connectivity index (χ4n) is 2.23. The lowest BCUT2D eigenvalue weighted by Gasteiger charge is -2.18. The predicted molar refractivity (Wildman–Crippen MR) is 61.9 cm³/mol. The van der Waals surface area contributed by atoms with Gasteiger partial charge in [-0.25, -0.2) is 0 Å². The van der Waals surface area contributed by atoms with Crippen molar-refractivity contribution in [2.24, 2.45) is 5.92 Å². The molecule has 2 heteroatoms. The molecule has 0 bridgehead atoms. The highest BCUT2D eigenvalue weighted by Crippen LogP contribution is 2.33. The second-order valence-electron chi connectivity index (χ2n) is 4.31. The topological polar surface area (TPSA) is 21.3 Å². The quantitative estimate of drug-likeness (QED) is 0.817. The van der Waals surface area contributed by atoms with E-state index in [0.717, 1.165) is 13.2 Å². The second kappa shape index (κ2) is 4.77. The summed E-state index contributed by atoms with van der Waals surface area (Å²) >= 11 is 0. The van der Waals surface area contributed by atoms with Gasteiger partial charge in [0.1, 0.15) is 0 Å². The molecule has 1 fully saturated rings. The van der Waals surface area contributed by atoms with Gasteiger partial charge in [-0.15, -0.1) is 0 Å². The molecule has 0 aliphatic carbocycles. The van der Waals surface area contributed by atoms with E-state index in [4.69, 9.17) is 4.74 Å². The maximum atomic E-state index is 5.80. The van der Waals surface area contributed by atoms with Crippen LogP contribution in [-0.4, -0.2) is 20.2 Å². The number of hydrogen-bond acceptors (Lipinski definition) is 2. The zero-order valence-electron chi connectivity index (χ0n) is 9.49. The Morgan fingerprint density at radius 2 is 2.07 bits per heavy atom. The van der Waals surface area contributed by atoms with Crippen molar-refractivity contribution < 1.29 is 4.74 Å². The first-order valence-corrected chi connectivity index (χ1v) is 5.64. The van der Waals surface area contributed by atoms with E-state index in [-0.39, 0.29) is 6.10 Å². The van der Waals surface area contributed by atoms with E-state index in [2.05, 4.69) is 36.5 Å². The Balaban J connectivity index is 2.11. The monoisotopic (exact) mass is 205 g/mol. The summed E-state index contributed by atoms with van der Waals surface area (Å²) < 4.78 is 5.80. The minimum atomic E-state index is 0.290. The van der Waals surface area contributed by atoms with Crippen LogP contribution in [0, 0.1) is 12.8 Å². The fraction of sp³-hybridized carbons (Fsp3) is 0.538. The van der Waals surface area contributed by atoms with Crippen molar-refractivity contribution in [3.05, 3.63) is 35.4 Å². The molecule has 1 aromatic rings. The molecule has 1 aliphatic heterocycles. The Bertz CT molecular complexity index is 307. The van der Waals surface area contributed by atoms with Crippen molar-refractivity contribution in [3.8, 4) is 0 Å².